The fraction of sp³-hybridized carbons (Fsp3) is 0.750. The van der Waals surface area contributed by atoms with Crippen LogP contribution in [0.4, 0.5) is 0 Å². The lowest BCUT2D eigenvalue weighted by Crippen LogP contribution is -2.26. The molecule has 1 atom stereocenters. The maximum Gasteiger partial charge on any atom is 0.0767 e. The van der Waals surface area contributed by atoms with Crippen LogP contribution in [0.25, 0.3) is 0 Å². The molecular formula is C12H21BrClN3. The molecule has 0 aliphatic heterocycles. The van der Waals surface area contributed by atoms with Crippen LogP contribution in [-0.4, -0.2) is 21.7 Å². The van der Waals surface area contributed by atoms with Crippen LogP contribution in [0.5, 0.6) is 0 Å². The van der Waals surface area contributed by atoms with E-state index in [2.05, 4.69) is 40.2 Å². The Morgan fingerprint density at radius 2 is 2.24 bits per heavy atom. The van der Waals surface area contributed by atoms with Crippen LogP contribution in [0, 0.1) is 0 Å². The zero-order valence-corrected chi connectivity index (χ0v) is 13.1. The summed E-state index contributed by atoms with van der Waals surface area (Å²) in [5.41, 5.74) is 2.33. The third-order valence-electron chi connectivity index (χ3n) is 2.89. The molecule has 0 bridgehead atoms. The standard InChI is InChI=1S/C12H21BrClN3/c1-4-10-12(13)11(17(3)16-10)8-15-9(2)6-5-7-14/h9,15H,4-8H2,1-3H3. The average Bonchev–Trinajstić information content (AvgIpc) is 2.59. The number of nitrogens with zero attached hydrogens (tertiary/aromatic N) is 2. The molecule has 5 heteroatoms. The second-order valence-corrected chi connectivity index (χ2v) is 5.47. The first kappa shape index (κ1) is 15.0. The first-order valence-electron chi connectivity index (χ1n) is 6.09. The van der Waals surface area contributed by atoms with Crippen LogP contribution < -0.4 is 5.32 Å². The Morgan fingerprint density at radius 1 is 1.53 bits per heavy atom. The van der Waals surface area contributed by atoms with Gasteiger partial charge in [0.1, 0.15) is 0 Å². The van der Waals surface area contributed by atoms with Gasteiger partial charge in [-0.05, 0) is 42.1 Å². The van der Waals surface area contributed by atoms with Gasteiger partial charge in [-0.1, -0.05) is 6.92 Å². The summed E-state index contributed by atoms with van der Waals surface area (Å²) in [6.45, 7) is 5.15. The smallest absolute Gasteiger partial charge is 0.0767 e. The highest BCUT2D eigenvalue weighted by atomic mass is 79.9. The summed E-state index contributed by atoms with van der Waals surface area (Å²) in [6, 6.07) is 0.487. The Labute approximate surface area is 117 Å². The van der Waals surface area contributed by atoms with Gasteiger partial charge in [0.25, 0.3) is 0 Å². The molecule has 1 aromatic heterocycles. The Bertz CT molecular complexity index is 352. The van der Waals surface area contributed by atoms with E-state index in [9.17, 15) is 0 Å². The van der Waals surface area contributed by atoms with Gasteiger partial charge in [-0.15, -0.1) is 11.6 Å². The summed E-state index contributed by atoms with van der Waals surface area (Å²) >= 11 is 9.31. The van der Waals surface area contributed by atoms with E-state index < -0.39 is 0 Å². The van der Waals surface area contributed by atoms with Crippen molar-refractivity contribution in [3.8, 4) is 0 Å². The second kappa shape index (κ2) is 7.39. The molecule has 0 radical (unpaired) electrons. The van der Waals surface area contributed by atoms with Crippen LogP contribution in [0.15, 0.2) is 4.47 Å². The molecule has 0 aromatic carbocycles. The quantitative estimate of drug-likeness (QED) is 0.781. The highest BCUT2D eigenvalue weighted by molar-refractivity contribution is 9.10. The van der Waals surface area contributed by atoms with Gasteiger partial charge in [-0.2, -0.15) is 5.10 Å². The Hall–Kier alpha value is -0.0600. The topological polar surface area (TPSA) is 29.9 Å². The van der Waals surface area contributed by atoms with E-state index in [1.807, 2.05) is 11.7 Å². The molecule has 1 unspecified atom stereocenters. The van der Waals surface area contributed by atoms with E-state index in [0.29, 0.717) is 6.04 Å². The van der Waals surface area contributed by atoms with Crippen molar-refractivity contribution in [1.82, 2.24) is 15.1 Å². The van der Waals surface area contributed by atoms with Gasteiger partial charge in [0.15, 0.2) is 0 Å². The molecule has 0 aliphatic rings. The molecule has 0 spiro atoms. The minimum absolute atomic E-state index is 0.487. The minimum Gasteiger partial charge on any atom is -0.309 e. The lowest BCUT2D eigenvalue weighted by molar-refractivity contribution is 0.495. The monoisotopic (exact) mass is 321 g/mol. The van der Waals surface area contributed by atoms with Crippen molar-refractivity contribution in [2.24, 2.45) is 7.05 Å². The van der Waals surface area contributed by atoms with Gasteiger partial charge in [-0.3, -0.25) is 4.68 Å². The molecule has 1 rings (SSSR count). The Kier molecular flexibility index (Phi) is 6.52. The van der Waals surface area contributed by atoms with Gasteiger partial charge in [-0.25, -0.2) is 0 Å². The lowest BCUT2D eigenvalue weighted by atomic mass is 10.2. The van der Waals surface area contributed by atoms with Crippen LogP contribution >= 0.6 is 27.5 Å². The van der Waals surface area contributed by atoms with Crippen molar-refractivity contribution in [3.63, 3.8) is 0 Å². The van der Waals surface area contributed by atoms with E-state index in [1.165, 1.54) is 5.69 Å². The number of rotatable bonds is 7. The van der Waals surface area contributed by atoms with E-state index in [1.54, 1.807) is 0 Å². The summed E-state index contributed by atoms with van der Waals surface area (Å²) in [6.07, 6.45) is 3.12. The maximum absolute atomic E-state index is 5.69. The van der Waals surface area contributed by atoms with Crippen LogP contribution in [0.2, 0.25) is 0 Å². The predicted octanol–water partition coefficient (Wildman–Crippen LogP) is 3.24. The van der Waals surface area contributed by atoms with E-state index >= 15 is 0 Å². The number of aryl methyl sites for hydroxylation is 2. The summed E-state index contributed by atoms with van der Waals surface area (Å²) in [4.78, 5) is 0. The van der Waals surface area contributed by atoms with Gasteiger partial charge >= 0.3 is 0 Å². The summed E-state index contributed by atoms with van der Waals surface area (Å²) in [7, 11) is 1.99. The summed E-state index contributed by atoms with van der Waals surface area (Å²) in [5, 5.41) is 7.98. The fourth-order valence-corrected chi connectivity index (χ4v) is 2.68. The van der Waals surface area contributed by atoms with Gasteiger partial charge in [0.05, 0.1) is 15.9 Å². The van der Waals surface area contributed by atoms with E-state index in [-0.39, 0.29) is 0 Å². The highest BCUT2D eigenvalue weighted by Gasteiger charge is 2.12. The molecule has 0 saturated heterocycles. The SMILES string of the molecule is CCc1nn(C)c(CNC(C)CCCCl)c1Br. The molecule has 0 fully saturated rings. The van der Waals surface area contributed by atoms with Crippen LogP contribution in [0.1, 0.15) is 38.1 Å². The van der Waals surface area contributed by atoms with Crippen molar-refractivity contribution in [2.45, 2.75) is 45.7 Å². The van der Waals surface area contributed by atoms with Crippen LogP contribution in [0.3, 0.4) is 0 Å². The second-order valence-electron chi connectivity index (χ2n) is 4.30. The number of nitrogens with one attached hydrogen (secondary N) is 1. The Morgan fingerprint density at radius 3 is 2.76 bits per heavy atom. The molecule has 1 N–H and O–H groups in total. The molecular weight excluding hydrogens is 302 g/mol. The molecule has 17 heavy (non-hydrogen) atoms. The van der Waals surface area contributed by atoms with Crippen molar-refractivity contribution in [2.75, 3.05) is 5.88 Å². The number of hydrogen-bond acceptors (Lipinski definition) is 2. The fourth-order valence-electron chi connectivity index (χ4n) is 1.77. The zero-order chi connectivity index (χ0) is 12.8. The third kappa shape index (κ3) is 4.27. The molecule has 3 nitrogen and oxygen atoms in total. The van der Waals surface area contributed by atoms with Gasteiger partial charge in [0.2, 0.25) is 0 Å². The zero-order valence-electron chi connectivity index (χ0n) is 10.8. The highest BCUT2D eigenvalue weighted by Crippen LogP contribution is 2.21. The van der Waals surface area contributed by atoms with Crippen molar-refractivity contribution < 1.29 is 0 Å². The largest absolute Gasteiger partial charge is 0.309 e. The number of hydrogen-bond donors (Lipinski definition) is 1. The molecule has 0 amide bonds. The normalized spacial score (nSPS) is 13.0. The summed E-state index contributed by atoms with van der Waals surface area (Å²) in [5.74, 6) is 0.738. The number of aromatic nitrogens is 2. The predicted molar refractivity (Wildman–Crippen MR) is 76.5 cm³/mol. The molecule has 0 aliphatic carbocycles. The van der Waals surface area contributed by atoms with E-state index in [0.717, 1.165) is 41.9 Å². The first-order valence-corrected chi connectivity index (χ1v) is 7.42. The Balaban J connectivity index is 2.54. The third-order valence-corrected chi connectivity index (χ3v) is 4.07. The van der Waals surface area contributed by atoms with Crippen LogP contribution in [-0.2, 0) is 20.0 Å². The van der Waals surface area contributed by atoms with E-state index in [4.69, 9.17) is 11.6 Å². The molecule has 1 heterocycles. The molecule has 98 valence electrons. The maximum atomic E-state index is 5.69. The van der Waals surface area contributed by atoms with Gasteiger partial charge < -0.3 is 5.32 Å². The summed E-state index contributed by atoms with van der Waals surface area (Å²) < 4.78 is 3.09. The van der Waals surface area contributed by atoms with Crippen molar-refractivity contribution in [3.05, 3.63) is 15.9 Å². The van der Waals surface area contributed by atoms with Crippen molar-refractivity contribution >= 4 is 27.5 Å². The van der Waals surface area contributed by atoms with Gasteiger partial charge in [0, 0.05) is 25.5 Å². The first-order chi connectivity index (χ1) is 8.10. The van der Waals surface area contributed by atoms with Crippen molar-refractivity contribution in [1.29, 1.82) is 0 Å². The number of halogens is 2. The molecule has 1 aromatic rings. The lowest BCUT2D eigenvalue weighted by Gasteiger charge is -2.13. The number of alkyl halides is 1. The minimum atomic E-state index is 0.487. The average molecular weight is 323 g/mol. The molecule has 0 saturated carbocycles.